The fraction of sp³-hybridized carbons (Fsp3) is 0.320. The molecule has 4 nitrogen and oxygen atoms in total. The van der Waals surface area contributed by atoms with E-state index in [4.69, 9.17) is 0 Å². The molecule has 2 aliphatic rings. The summed E-state index contributed by atoms with van der Waals surface area (Å²) in [5.74, 6) is -0.548. The van der Waals surface area contributed by atoms with Crippen LogP contribution in [0.15, 0.2) is 48.6 Å². The van der Waals surface area contributed by atoms with Crippen molar-refractivity contribution in [3.63, 3.8) is 0 Å². The number of alkyl halides is 3. The molecule has 3 N–H and O–H groups in total. The second-order valence-electron chi connectivity index (χ2n) is 8.11. The highest BCUT2D eigenvalue weighted by Crippen LogP contribution is 2.37. The first-order chi connectivity index (χ1) is 15.3. The molecule has 1 amide bonds. The lowest BCUT2D eigenvalue weighted by atomic mass is 9.95. The van der Waals surface area contributed by atoms with E-state index >= 15 is 0 Å². The average Bonchev–Trinajstić information content (AvgIpc) is 2.79. The molecule has 0 aliphatic carbocycles. The van der Waals surface area contributed by atoms with Crippen molar-refractivity contribution in [3.05, 3.63) is 76.4 Å². The van der Waals surface area contributed by atoms with Crippen LogP contribution in [0, 0.1) is 6.92 Å². The fourth-order valence-corrected chi connectivity index (χ4v) is 4.16. The number of aryl methyl sites for hydroxylation is 1. The van der Waals surface area contributed by atoms with Crippen LogP contribution in [0.2, 0.25) is 0 Å². The van der Waals surface area contributed by atoms with Crippen LogP contribution in [0.3, 0.4) is 0 Å². The maximum absolute atomic E-state index is 13.8. The standard InChI is InChI=1S/C25H26F3N3O/c1-16-14-19(17-6-10-29-11-7-17)2-4-21(16)24(32)31-23-5-3-20(15-22(23)25(26,27)28)18-8-12-30-13-9-18/h2-6,8,14-15,29-30H,7,9-13H2,1H3,(H,31,32). The van der Waals surface area contributed by atoms with Gasteiger partial charge in [0, 0.05) is 18.7 Å². The molecular weight excluding hydrogens is 415 g/mol. The Balaban J connectivity index is 1.60. The lowest BCUT2D eigenvalue weighted by molar-refractivity contribution is -0.136. The van der Waals surface area contributed by atoms with Crippen molar-refractivity contribution in [1.82, 2.24) is 10.6 Å². The molecule has 0 spiro atoms. The number of benzene rings is 2. The third-order valence-corrected chi connectivity index (χ3v) is 5.91. The predicted octanol–water partition coefficient (Wildman–Crippen LogP) is 5.02. The van der Waals surface area contributed by atoms with Gasteiger partial charge < -0.3 is 16.0 Å². The summed E-state index contributed by atoms with van der Waals surface area (Å²) in [6, 6.07) is 9.58. The van der Waals surface area contributed by atoms with E-state index in [1.54, 1.807) is 19.1 Å². The van der Waals surface area contributed by atoms with Gasteiger partial charge in [-0.2, -0.15) is 13.2 Å². The summed E-state index contributed by atoms with van der Waals surface area (Å²) in [6.45, 7) is 4.88. The van der Waals surface area contributed by atoms with E-state index in [9.17, 15) is 18.0 Å². The molecule has 0 saturated heterocycles. The topological polar surface area (TPSA) is 53.2 Å². The van der Waals surface area contributed by atoms with Crippen LogP contribution < -0.4 is 16.0 Å². The maximum Gasteiger partial charge on any atom is 0.418 e. The third-order valence-electron chi connectivity index (χ3n) is 5.91. The van der Waals surface area contributed by atoms with Crippen LogP contribution in [0.25, 0.3) is 11.1 Å². The van der Waals surface area contributed by atoms with Crippen molar-refractivity contribution in [1.29, 1.82) is 0 Å². The lowest BCUT2D eigenvalue weighted by Crippen LogP contribution is -2.21. The Hall–Kier alpha value is -2.90. The van der Waals surface area contributed by atoms with Gasteiger partial charge in [-0.15, -0.1) is 0 Å². The normalized spacial score (nSPS) is 16.9. The molecule has 0 bridgehead atoms. The molecule has 0 aromatic heterocycles. The predicted molar refractivity (Wildman–Crippen MR) is 122 cm³/mol. The molecule has 7 heteroatoms. The summed E-state index contributed by atoms with van der Waals surface area (Å²) in [6.07, 6.45) is 1.01. The molecule has 0 fully saturated rings. The van der Waals surface area contributed by atoms with Crippen LogP contribution in [0.5, 0.6) is 0 Å². The van der Waals surface area contributed by atoms with E-state index in [-0.39, 0.29) is 5.69 Å². The summed E-state index contributed by atoms with van der Waals surface area (Å²) < 4.78 is 41.4. The van der Waals surface area contributed by atoms with E-state index in [0.29, 0.717) is 24.1 Å². The summed E-state index contributed by atoms with van der Waals surface area (Å²) in [5.41, 5.74) is 3.68. The first kappa shape index (κ1) is 22.3. The highest BCUT2D eigenvalue weighted by molar-refractivity contribution is 6.06. The number of nitrogens with one attached hydrogen (secondary N) is 3. The van der Waals surface area contributed by atoms with Crippen molar-refractivity contribution in [3.8, 4) is 0 Å². The van der Waals surface area contributed by atoms with Gasteiger partial charge in [0.25, 0.3) is 5.91 Å². The summed E-state index contributed by atoms with van der Waals surface area (Å²) in [5, 5.41) is 8.90. The minimum Gasteiger partial charge on any atom is -0.321 e. The lowest BCUT2D eigenvalue weighted by Gasteiger charge is -2.19. The summed E-state index contributed by atoms with van der Waals surface area (Å²) in [4.78, 5) is 12.9. The van der Waals surface area contributed by atoms with Gasteiger partial charge in [0.2, 0.25) is 0 Å². The van der Waals surface area contributed by atoms with Gasteiger partial charge in [-0.05, 0) is 78.9 Å². The third kappa shape index (κ3) is 4.95. The maximum atomic E-state index is 13.8. The second kappa shape index (κ2) is 9.30. The van der Waals surface area contributed by atoms with Gasteiger partial charge in [0.1, 0.15) is 0 Å². The Kier molecular flexibility index (Phi) is 6.48. The minimum absolute atomic E-state index is 0.231. The smallest absolute Gasteiger partial charge is 0.321 e. The van der Waals surface area contributed by atoms with Gasteiger partial charge in [-0.25, -0.2) is 0 Å². The number of anilines is 1. The second-order valence-corrected chi connectivity index (χ2v) is 8.11. The molecular formula is C25H26F3N3O. The van der Waals surface area contributed by atoms with E-state index in [1.165, 1.54) is 11.6 Å². The Labute approximate surface area is 185 Å². The Morgan fingerprint density at radius 1 is 0.906 bits per heavy atom. The van der Waals surface area contributed by atoms with Crippen LogP contribution >= 0.6 is 0 Å². The largest absolute Gasteiger partial charge is 0.418 e. The Bertz CT molecular complexity index is 1090. The zero-order chi connectivity index (χ0) is 22.7. The van der Waals surface area contributed by atoms with Gasteiger partial charge in [0.05, 0.1) is 11.3 Å². The number of hydrogen-bond donors (Lipinski definition) is 3. The van der Waals surface area contributed by atoms with E-state index < -0.39 is 17.6 Å². The monoisotopic (exact) mass is 441 g/mol. The van der Waals surface area contributed by atoms with E-state index in [1.807, 2.05) is 18.2 Å². The molecule has 2 aromatic rings. The molecule has 4 rings (SSSR count). The number of amides is 1. The van der Waals surface area contributed by atoms with Gasteiger partial charge in [-0.1, -0.05) is 30.4 Å². The molecule has 0 unspecified atom stereocenters. The highest BCUT2D eigenvalue weighted by Gasteiger charge is 2.34. The molecule has 2 heterocycles. The molecule has 168 valence electrons. The Morgan fingerprint density at radius 3 is 2.03 bits per heavy atom. The SMILES string of the molecule is Cc1cc(C2=CCNCC2)ccc1C(=O)Nc1ccc(C2=CCNCC2)cc1C(F)(F)F. The van der Waals surface area contributed by atoms with Gasteiger partial charge in [0.15, 0.2) is 0 Å². The van der Waals surface area contributed by atoms with Gasteiger partial charge >= 0.3 is 6.18 Å². The number of halogens is 3. The number of carbonyl (C=O) groups is 1. The van der Waals surface area contributed by atoms with Crippen molar-refractivity contribution >= 4 is 22.7 Å². The number of hydrogen-bond acceptors (Lipinski definition) is 3. The molecule has 2 aromatic carbocycles. The van der Waals surface area contributed by atoms with E-state index in [0.717, 1.165) is 48.8 Å². The average molecular weight is 441 g/mol. The molecule has 2 aliphatic heterocycles. The molecule has 0 atom stereocenters. The van der Waals surface area contributed by atoms with Crippen LogP contribution in [0.4, 0.5) is 18.9 Å². The van der Waals surface area contributed by atoms with Crippen molar-refractivity contribution in [2.75, 3.05) is 31.5 Å². The number of rotatable bonds is 4. The quantitative estimate of drug-likeness (QED) is 0.625. The van der Waals surface area contributed by atoms with Crippen molar-refractivity contribution in [2.24, 2.45) is 0 Å². The molecule has 0 radical (unpaired) electrons. The first-order valence-corrected chi connectivity index (χ1v) is 10.8. The summed E-state index contributed by atoms with van der Waals surface area (Å²) >= 11 is 0. The van der Waals surface area contributed by atoms with Crippen molar-refractivity contribution < 1.29 is 18.0 Å². The number of carbonyl (C=O) groups excluding carboxylic acids is 1. The molecule has 32 heavy (non-hydrogen) atoms. The summed E-state index contributed by atoms with van der Waals surface area (Å²) in [7, 11) is 0. The zero-order valence-corrected chi connectivity index (χ0v) is 17.9. The van der Waals surface area contributed by atoms with Crippen LogP contribution in [0.1, 0.15) is 45.5 Å². The van der Waals surface area contributed by atoms with Gasteiger partial charge in [-0.3, -0.25) is 4.79 Å². The van der Waals surface area contributed by atoms with Crippen LogP contribution in [-0.4, -0.2) is 32.1 Å². The van der Waals surface area contributed by atoms with E-state index in [2.05, 4.69) is 22.0 Å². The first-order valence-electron chi connectivity index (χ1n) is 10.8. The Morgan fingerprint density at radius 2 is 1.50 bits per heavy atom. The van der Waals surface area contributed by atoms with Crippen molar-refractivity contribution in [2.45, 2.75) is 25.9 Å². The minimum atomic E-state index is -4.58. The van der Waals surface area contributed by atoms with Crippen LogP contribution in [-0.2, 0) is 6.18 Å². The zero-order valence-electron chi connectivity index (χ0n) is 17.9. The molecule has 0 saturated carbocycles. The highest BCUT2D eigenvalue weighted by atomic mass is 19.4. The fourth-order valence-electron chi connectivity index (χ4n) is 4.16.